The van der Waals surface area contributed by atoms with Crippen LogP contribution in [-0.2, 0) is 4.74 Å². The van der Waals surface area contributed by atoms with Crippen molar-refractivity contribution >= 4 is 0 Å². The minimum atomic E-state index is 0.772. The van der Waals surface area contributed by atoms with E-state index in [0.29, 0.717) is 0 Å². The zero-order chi connectivity index (χ0) is 11.2. The Balaban J connectivity index is 1.78. The van der Waals surface area contributed by atoms with Crippen LogP contribution >= 0.6 is 0 Å². The van der Waals surface area contributed by atoms with Crippen molar-refractivity contribution in [2.45, 2.75) is 38.6 Å². The first-order chi connectivity index (χ1) is 7.90. The molecule has 1 aliphatic heterocycles. The van der Waals surface area contributed by atoms with Gasteiger partial charge in [-0.15, -0.1) is 0 Å². The second-order valence-electron chi connectivity index (χ2n) is 5.12. The van der Waals surface area contributed by atoms with Crippen molar-refractivity contribution < 1.29 is 4.74 Å². The first kappa shape index (κ1) is 12.3. The van der Waals surface area contributed by atoms with Gasteiger partial charge in [-0.25, -0.2) is 0 Å². The quantitative estimate of drug-likeness (QED) is 0.786. The molecule has 0 radical (unpaired) electrons. The zero-order valence-electron chi connectivity index (χ0n) is 10.6. The maximum absolute atomic E-state index is 5.51. The number of hydrogen-bond acceptors (Lipinski definition) is 3. The lowest BCUT2D eigenvalue weighted by molar-refractivity contribution is 0.137. The maximum atomic E-state index is 5.51. The Morgan fingerprint density at radius 3 is 3.00 bits per heavy atom. The second-order valence-corrected chi connectivity index (χ2v) is 5.12. The van der Waals surface area contributed by atoms with Gasteiger partial charge in [0.05, 0.1) is 6.61 Å². The molecule has 2 unspecified atom stereocenters. The number of nitrogens with zero attached hydrogens (tertiary/aromatic N) is 1. The molecule has 3 heteroatoms. The van der Waals surface area contributed by atoms with Crippen LogP contribution in [0.2, 0.25) is 0 Å². The summed E-state index contributed by atoms with van der Waals surface area (Å²) in [6.07, 6.45) is 5.41. The molecule has 2 atom stereocenters. The van der Waals surface area contributed by atoms with Gasteiger partial charge in [-0.3, -0.25) is 0 Å². The Hall–Kier alpha value is -0.120. The molecule has 2 aliphatic rings. The minimum Gasteiger partial charge on any atom is -0.380 e. The van der Waals surface area contributed by atoms with Crippen molar-refractivity contribution in [1.29, 1.82) is 0 Å². The standard InChI is InChI=1S/C13H26N2O/c1-2-14-13-6-3-5-12(13)11-15-7-4-9-16-10-8-15/h12-14H,2-11H2,1H3. The van der Waals surface area contributed by atoms with Gasteiger partial charge in [0.25, 0.3) is 0 Å². The van der Waals surface area contributed by atoms with Crippen LogP contribution in [-0.4, -0.2) is 50.3 Å². The van der Waals surface area contributed by atoms with Crippen molar-refractivity contribution in [3.05, 3.63) is 0 Å². The van der Waals surface area contributed by atoms with Crippen molar-refractivity contribution in [1.82, 2.24) is 10.2 Å². The highest BCUT2D eigenvalue weighted by Crippen LogP contribution is 2.26. The Labute approximate surface area is 99.5 Å². The molecule has 1 heterocycles. The third-order valence-electron chi connectivity index (χ3n) is 3.93. The van der Waals surface area contributed by atoms with Crippen LogP contribution in [0, 0.1) is 5.92 Å². The van der Waals surface area contributed by atoms with E-state index in [1.54, 1.807) is 0 Å². The van der Waals surface area contributed by atoms with E-state index in [1.807, 2.05) is 0 Å². The van der Waals surface area contributed by atoms with Crippen LogP contribution in [0.15, 0.2) is 0 Å². The van der Waals surface area contributed by atoms with Gasteiger partial charge < -0.3 is 15.0 Å². The molecule has 1 saturated carbocycles. The second kappa shape index (κ2) is 6.58. The van der Waals surface area contributed by atoms with Gasteiger partial charge in [0, 0.05) is 32.3 Å². The first-order valence-electron chi connectivity index (χ1n) is 6.93. The Bertz CT molecular complexity index is 190. The molecular formula is C13H26N2O. The highest BCUT2D eigenvalue weighted by molar-refractivity contribution is 4.85. The lowest BCUT2D eigenvalue weighted by atomic mass is 10.0. The summed E-state index contributed by atoms with van der Waals surface area (Å²) in [5.74, 6) is 0.873. The molecule has 1 N–H and O–H groups in total. The van der Waals surface area contributed by atoms with Gasteiger partial charge in [0.15, 0.2) is 0 Å². The van der Waals surface area contributed by atoms with Crippen LogP contribution in [0.3, 0.4) is 0 Å². The molecule has 2 fully saturated rings. The molecule has 0 aromatic carbocycles. The van der Waals surface area contributed by atoms with Crippen LogP contribution in [0.4, 0.5) is 0 Å². The predicted molar refractivity (Wildman–Crippen MR) is 66.7 cm³/mol. The Morgan fingerprint density at radius 1 is 1.19 bits per heavy atom. The third-order valence-corrected chi connectivity index (χ3v) is 3.93. The van der Waals surface area contributed by atoms with Gasteiger partial charge in [-0.2, -0.15) is 0 Å². The zero-order valence-corrected chi connectivity index (χ0v) is 10.6. The largest absolute Gasteiger partial charge is 0.380 e. The van der Waals surface area contributed by atoms with E-state index < -0.39 is 0 Å². The molecule has 0 amide bonds. The average Bonchev–Trinajstić information content (AvgIpc) is 2.56. The van der Waals surface area contributed by atoms with E-state index in [-0.39, 0.29) is 0 Å². The molecule has 3 nitrogen and oxygen atoms in total. The fraction of sp³-hybridized carbons (Fsp3) is 1.00. The molecule has 2 rings (SSSR count). The smallest absolute Gasteiger partial charge is 0.0593 e. The van der Waals surface area contributed by atoms with E-state index in [1.165, 1.54) is 38.8 Å². The topological polar surface area (TPSA) is 24.5 Å². The molecule has 16 heavy (non-hydrogen) atoms. The van der Waals surface area contributed by atoms with Crippen molar-refractivity contribution in [2.75, 3.05) is 39.4 Å². The number of nitrogens with one attached hydrogen (secondary N) is 1. The van der Waals surface area contributed by atoms with E-state index in [4.69, 9.17) is 4.74 Å². The van der Waals surface area contributed by atoms with E-state index in [2.05, 4.69) is 17.1 Å². The number of rotatable bonds is 4. The summed E-state index contributed by atoms with van der Waals surface area (Å²) in [5.41, 5.74) is 0. The molecule has 0 spiro atoms. The molecule has 0 aromatic rings. The normalized spacial score (nSPS) is 32.8. The molecule has 0 aromatic heterocycles. The molecular weight excluding hydrogens is 200 g/mol. The summed E-state index contributed by atoms with van der Waals surface area (Å²) >= 11 is 0. The predicted octanol–water partition coefficient (Wildman–Crippen LogP) is 1.49. The van der Waals surface area contributed by atoms with E-state index in [0.717, 1.165) is 38.3 Å². The first-order valence-corrected chi connectivity index (χ1v) is 6.93. The van der Waals surface area contributed by atoms with E-state index in [9.17, 15) is 0 Å². The van der Waals surface area contributed by atoms with Gasteiger partial charge in [-0.1, -0.05) is 13.3 Å². The lowest BCUT2D eigenvalue weighted by Crippen LogP contribution is -2.40. The van der Waals surface area contributed by atoms with Crippen LogP contribution in [0.25, 0.3) is 0 Å². The monoisotopic (exact) mass is 226 g/mol. The SMILES string of the molecule is CCNC1CCCC1CN1CCCOCC1. The average molecular weight is 226 g/mol. The maximum Gasteiger partial charge on any atom is 0.0593 e. The number of hydrogen-bond donors (Lipinski definition) is 1. The van der Waals surface area contributed by atoms with Gasteiger partial charge in [0.1, 0.15) is 0 Å². The molecule has 0 bridgehead atoms. The van der Waals surface area contributed by atoms with Crippen molar-refractivity contribution in [3.8, 4) is 0 Å². The van der Waals surface area contributed by atoms with Crippen molar-refractivity contribution in [2.24, 2.45) is 5.92 Å². The fourth-order valence-electron chi connectivity index (χ4n) is 3.10. The fourth-order valence-corrected chi connectivity index (χ4v) is 3.10. The van der Waals surface area contributed by atoms with Gasteiger partial charge in [0.2, 0.25) is 0 Å². The lowest BCUT2D eigenvalue weighted by Gasteiger charge is -2.27. The Kier molecular flexibility index (Phi) is 5.07. The van der Waals surface area contributed by atoms with Crippen LogP contribution in [0.5, 0.6) is 0 Å². The van der Waals surface area contributed by atoms with E-state index >= 15 is 0 Å². The van der Waals surface area contributed by atoms with Gasteiger partial charge in [-0.05, 0) is 31.7 Å². The summed E-state index contributed by atoms with van der Waals surface area (Å²) in [6, 6.07) is 0.772. The summed E-state index contributed by atoms with van der Waals surface area (Å²) in [6.45, 7) is 8.86. The summed E-state index contributed by atoms with van der Waals surface area (Å²) < 4.78 is 5.51. The Morgan fingerprint density at radius 2 is 2.12 bits per heavy atom. The highest BCUT2D eigenvalue weighted by Gasteiger charge is 2.28. The summed E-state index contributed by atoms with van der Waals surface area (Å²) in [5, 5.41) is 3.64. The van der Waals surface area contributed by atoms with Crippen molar-refractivity contribution in [3.63, 3.8) is 0 Å². The molecule has 94 valence electrons. The van der Waals surface area contributed by atoms with Crippen LogP contribution in [0.1, 0.15) is 32.6 Å². The van der Waals surface area contributed by atoms with Crippen LogP contribution < -0.4 is 5.32 Å². The highest BCUT2D eigenvalue weighted by atomic mass is 16.5. The summed E-state index contributed by atoms with van der Waals surface area (Å²) in [4.78, 5) is 2.60. The third kappa shape index (κ3) is 3.44. The molecule has 1 aliphatic carbocycles. The minimum absolute atomic E-state index is 0.772. The number of ether oxygens (including phenoxy) is 1. The van der Waals surface area contributed by atoms with Gasteiger partial charge >= 0.3 is 0 Å². The summed E-state index contributed by atoms with van der Waals surface area (Å²) in [7, 11) is 0. The molecule has 1 saturated heterocycles.